The van der Waals surface area contributed by atoms with Gasteiger partial charge in [0.1, 0.15) is 0 Å². The molecule has 1 atom stereocenters. The summed E-state index contributed by atoms with van der Waals surface area (Å²) < 4.78 is 9.94. The lowest BCUT2D eigenvalue weighted by molar-refractivity contribution is -0.135. The highest BCUT2D eigenvalue weighted by atomic mass is 35.5. The summed E-state index contributed by atoms with van der Waals surface area (Å²) in [5.41, 5.74) is 0. The fourth-order valence-corrected chi connectivity index (χ4v) is 1.16. The number of methoxy groups -OCH3 is 2. The van der Waals surface area contributed by atoms with Gasteiger partial charge in [0.2, 0.25) is 5.91 Å². The van der Waals surface area contributed by atoms with Gasteiger partial charge >= 0.3 is 0 Å². The van der Waals surface area contributed by atoms with Crippen LogP contribution in [-0.2, 0) is 14.3 Å². The third kappa shape index (κ3) is 5.08. The van der Waals surface area contributed by atoms with E-state index in [2.05, 4.69) is 5.32 Å². The summed E-state index contributed by atoms with van der Waals surface area (Å²) >= 11 is 5.40. The topological polar surface area (TPSA) is 47.6 Å². The second-order valence-electron chi connectivity index (χ2n) is 2.63. The van der Waals surface area contributed by atoms with Crippen molar-refractivity contribution in [1.29, 1.82) is 0 Å². The normalized spacial score (nSPS) is 13.0. The van der Waals surface area contributed by atoms with Gasteiger partial charge in [-0.05, 0) is 6.92 Å². The summed E-state index contributed by atoms with van der Waals surface area (Å²) in [7, 11) is 3.05. The van der Waals surface area contributed by atoms with Crippen LogP contribution in [0.1, 0.15) is 13.3 Å². The van der Waals surface area contributed by atoms with Gasteiger partial charge < -0.3 is 14.8 Å². The molecule has 0 saturated heterocycles. The summed E-state index contributed by atoms with van der Waals surface area (Å²) in [4.78, 5) is 11.1. The van der Waals surface area contributed by atoms with Crippen molar-refractivity contribution < 1.29 is 14.3 Å². The number of amides is 1. The first-order valence-corrected chi connectivity index (χ1v) is 4.60. The van der Waals surface area contributed by atoms with E-state index < -0.39 is 6.29 Å². The number of carbonyl (C=O) groups is 1. The second-order valence-corrected chi connectivity index (χ2v) is 3.01. The molecule has 0 aromatic heterocycles. The van der Waals surface area contributed by atoms with Crippen molar-refractivity contribution in [3.8, 4) is 0 Å². The molecule has 0 saturated carbocycles. The van der Waals surface area contributed by atoms with Gasteiger partial charge in [-0.25, -0.2) is 0 Å². The largest absolute Gasteiger partial charge is 0.354 e. The number of halogens is 1. The molecule has 78 valence electrons. The standard InChI is InChI=1S/C8H16ClNO3/c1-6(8(12-2)13-3)10-7(11)4-5-9/h6,8H,4-5H2,1-3H3,(H,10,11). The molecule has 0 radical (unpaired) electrons. The van der Waals surface area contributed by atoms with Gasteiger partial charge in [-0.15, -0.1) is 11.6 Å². The summed E-state index contributed by atoms with van der Waals surface area (Å²) in [6.07, 6.45) is -0.106. The summed E-state index contributed by atoms with van der Waals surface area (Å²) in [6, 6.07) is -0.175. The first kappa shape index (κ1) is 12.7. The van der Waals surface area contributed by atoms with Crippen molar-refractivity contribution in [3.63, 3.8) is 0 Å². The molecule has 0 aliphatic carbocycles. The summed E-state index contributed by atoms with van der Waals surface area (Å²) in [5.74, 6) is 0.227. The number of carbonyl (C=O) groups excluding carboxylic acids is 1. The minimum atomic E-state index is -0.417. The molecule has 0 bridgehead atoms. The van der Waals surface area contributed by atoms with E-state index in [1.54, 1.807) is 0 Å². The van der Waals surface area contributed by atoms with E-state index in [0.29, 0.717) is 12.3 Å². The van der Waals surface area contributed by atoms with Crippen LogP contribution in [0.2, 0.25) is 0 Å². The molecule has 1 amide bonds. The molecular weight excluding hydrogens is 194 g/mol. The zero-order valence-electron chi connectivity index (χ0n) is 8.17. The molecule has 0 heterocycles. The van der Waals surface area contributed by atoms with Crippen LogP contribution in [0.15, 0.2) is 0 Å². The monoisotopic (exact) mass is 209 g/mol. The van der Waals surface area contributed by atoms with Crippen LogP contribution in [0.3, 0.4) is 0 Å². The van der Waals surface area contributed by atoms with Crippen molar-refractivity contribution in [2.75, 3.05) is 20.1 Å². The highest BCUT2D eigenvalue weighted by Gasteiger charge is 2.17. The van der Waals surface area contributed by atoms with Crippen LogP contribution in [0.4, 0.5) is 0 Å². The van der Waals surface area contributed by atoms with Crippen LogP contribution in [0.25, 0.3) is 0 Å². The van der Waals surface area contributed by atoms with E-state index in [9.17, 15) is 4.79 Å². The van der Waals surface area contributed by atoms with E-state index in [1.165, 1.54) is 14.2 Å². The fraction of sp³-hybridized carbons (Fsp3) is 0.875. The molecule has 5 heteroatoms. The van der Waals surface area contributed by atoms with Gasteiger partial charge in [-0.2, -0.15) is 0 Å². The zero-order valence-corrected chi connectivity index (χ0v) is 8.93. The number of alkyl halides is 1. The summed E-state index contributed by atoms with van der Waals surface area (Å²) in [6.45, 7) is 1.81. The van der Waals surface area contributed by atoms with Crippen LogP contribution < -0.4 is 5.32 Å². The van der Waals surface area contributed by atoms with E-state index in [4.69, 9.17) is 21.1 Å². The number of hydrogen-bond donors (Lipinski definition) is 1. The maximum Gasteiger partial charge on any atom is 0.221 e. The van der Waals surface area contributed by atoms with Crippen molar-refractivity contribution in [3.05, 3.63) is 0 Å². The molecule has 0 aliphatic heterocycles. The Morgan fingerprint density at radius 1 is 1.46 bits per heavy atom. The van der Waals surface area contributed by atoms with Gasteiger partial charge in [-0.3, -0.25) is 4.79 Å². The average molecular weight is 210 g/mol. The lowest BCUT2D eigenvalue weighted by Gasteiger charge is -2.21. The molecule has 1 N–H and O–H groups in total. The molecule has 0 spiro atoms. The lowest BCUT2D eigenvalue weighted by Crippen LogP contribution is -2.42. The maximum atomic E-state index is 11.1. The average Bonchev–Trinajstić information content (AvgIpc) is 2.06. The van der Waals surface area contributed by atoms with Crippen LogP contribution in [0, 0.1) is 0 Å². The van der Waals surface area contributed by atoms with Gasteiger partial charge in [0, 0.05) is 26.5 Å². The second kappa shape index (κ2) is 7.12. The molecule has 0 rings (SSSR count). The Bertz CT molecular complexity index is 150. The van der Waals surface area contributed by atoms with Gasteiger partial charge in [0.15, 0.2) is 6.29 Å². The third-order valence-electron chi connectivity index (χ3n) is 1.58. The molecule has 0 aromatic carbocycles. The number of hydrogen-bond acceptors (Lipinski definition) is 3. The fourth-order valence-electron chi connectivity index (χ4n) is 0.984. The predicted octanol–water partition coefficient (Wildman–Crippen LogP) is 0.739. The summed E-state index contributed by atoms with van der Waals surface area (Å²) in [5, 5.41) is 2.71. The Balaban J connectivity index is 3.82. The highest BCUT2D eigenvalue weighted by molar-refractivity contribution is 6.18. The Morgan fingerprint density at radius 3 is 2.38 bits per heavy atom. The lowest BCUT2D eigenvalue weighted by atomic mass is 10.3. The highest BCUT2D eigenvalue weighted by Crippen LogP contribution is 1.99. The molecule has 0 aromatic rings. The number of rotatable bonds is 6. The SMILES string of the molecule is COC(OC)C(C)NC(=O)CCCl. The van der Waals surface area contributed by atoms with Crippen molar-refractivity contribution in [2.24, 2.45) is 0 Å². The van der Waals surface area contributed by atoms with Crippen molar-refractivity contribution >= 4 is 17.5 Å². The first-order valence-electron chi connectivity index (χ1n) is 4.06. The van der Waals surface area contributed by atoms with Crippen LogP contribution in [-0.4, -0.2) is 38.3 Å². The Hall–Kier alpha value is -0.320. The zero-order chi connectivity index (χ0) is 10.3. The Kier molecular flexibility index (Phi) is 6.94. The van der Waals surface area contributed by atoms with Crippen molar-refractivity contribution in [2.45, 2.75) is 25.7 Å². The molecule has 13 heavy (non-hydrogen) atoms. The molecule has 4 nitrogen and oxygen atoms in total. The van der Waals surface area contributed by atoms with E-state index >= 15 is 0 Å². The minimum Gasteiger partial charge on any atom is -0.354 e. The third-order valence-corrected chi connectivity index (χ3v) is 1.77. The quantitative estimate of drug-likeness (QED) is 0.519. The first-order chi connectivity index (χ1) is 6.15. The number of ether oxygens (including phenoxy) is 2. The van der Waals surface area contributed by atoms with E-state index in [1.807, 2.05) is 6.92 Å². The smallest absolute Gasteiger partial charge is 0.221 e. The molecule has 0 aliphatic rings. The van der Waals surface area contributed by atoms with Gasteiger partial charge in [0.25, 0.3) is 0 Å². The maximum absolute atomic E-state index is 11.1. The van der Waals surface area contributed by atoms with E-state index in [0.717, 1.165) is 0 Å². The number of nitrogens with one attached hydrogen (secondary N) is 1. The Labute approximate surface area is 83.5 Å². The molecule has 1 unspecified atom stereocenters. The molecule has 0 fully saturated rings. The predicted molar refractivity (Wildman–Crippen MR) is 50.7 cm³/mol. The Morgan fingerprint density at radius 2 is 2.00 bits per heavy atom. The minimum absolute atomic E-state index is 0.0957. The molecular formula is C8H16ClNO3. The van der Waals surface area contributed by atoms with Gasteiger partial charge in [0.05, 0.1) is 6.04 Å². The van der Waals surface area contributed by atoms with E-state index in [-0.39, 0.29) is 11.9 Å². The van der Waals surface area contributed by atoms with Gasteiger partial charge in [-0.1, -0.05) is 0 Å². The van der Waals surface area contributed by atoms with Crippen LogP contribution >= 0.6 is 11.6 Å². The van der Waals surface area contributed by atoms with Crippen molar-refractivity contribution in [1.82, 2.24) is 5.32 Å². The van der Waals surface area contributed by atoms with Crippen LogP contribution in [0.5, 0.6) is 0 Å².